The fourth-order valence-corrected chi connectivity index (χ4v) is 3.59. The van der Waals surface area contributed by atoms with Crippen LogP contribution in [0.4, 0.5) is 13.2 Å². The normalized spacial score (nSPS) is 12.9. The van der Waals surface area contributed by atoms with Gasteiger partial charge >= 0.3 is 0 Å². The molecule has 0 spiro atoms. The fourth-order valence-electron chi connectivity index (χ4n) is 3.59. The van der Waals surface area contributed by atoms with Gasteiger partial charge in [0.05, 0.1) is 5.52 Å². The lowest BCUT2D eigenvalue weighted by Crippen LogP contribution is -2.04. The highest BCUT2D eigenvalue weighted by atomic mass is 19.1. The van der Waals surface area contributed by atoms with Crippen molar-refractivity contribution in [1.82, 2.24) is 4.98 Å². The van der Waals surface area contributed by atoms with E-state index in [1.165, 1.54) is 18.2 Å². The number of fused-ring (bicyclic) bond motifs is 1. The van der Waals surface area contributed by atoms with Crippen LogP contribution in [0.2, 0.25) is 0 Å². The zero-order chi connectivity index (χ0) is 18.1. The molecule has 0 aliphatic rings. The first kappa shape index (κ1) is 17.6. The molecule has 0 bridgehead atoms. The highest BCUT2D eigenvalue weighted by Crippen LogP contribution is 2.35. The minimum Gasteiger partial charge on any atom is -0.352 e. The van der Waals surface area contributed by atoms with Crippen LogP contribution in [0, 0.1) is 29.3 Å². The maximum Gasteiger partial charge on any atom is 0.150 e. The maximum absolute atomic E-state index is 14.2. The molecular weight excluding hydrogens is 323 g/mol. The van der Waals surface area contributed by atoms with E-state index < -0.39 is 11.6 Å². The predicted molar refractivity (Wildman–Crippen MR) is 95.9 cm³/mol. The van der Waals surface area contributed by atoms with Crippen molar-refractivity contribution in [2.45, 2.75) is 33.6 Å². The van der Waals surface area contributed by atoms with Crippen molar-refractivity contribution < 1.29 is 13.2 Å². The number of hydrogen-bond donors (Lipinski definition) is 1. The van der Waals surface area contributed by atoms with Crippen molar-refractivity contribution in [2.24, 2.45) is 11.8 Å². The van der Waals surface area contributed by atoms with Crippen molar-refractivity contribution in [2.75, 3.05) is 0 Å². The molecule has 0 fully saturated rings. The van der Waals surface area contributed by atoms with E-state index in [-0.39, 0.29) is 5.82 Å². The van der Waals surface area contributed by atoms with Gasteiger partial charge in [0, 0.05) is 17.1 Å². The summed E-state index contributed by atoms with van der Waals surface area (Å²) in [5, 5.41) is 0.562. The van der Waals surface area contributed by atoms with Crippen molar-refractivity contribution in [1.29, 1.82) is 0 Å². The van der Waals surface area contributed by atoms with Gasteiger partial charge < -0.3 is 4.98 Å². The van der Waals surface area contributed by atoms with Crippen LogP contribution in [0.25, 0.3) is 22.2 Å². The van der Waals surface area contributed by atoms with Gasteiger partial charge in [-0.25, -0.2) is 13.2 Å². The molecule has 4 heteroatoms. The van der Waals surface area contributed by atoms with Crippen LogP contribution < -0.4 is 0 Å². The summed E-state index contributed by atoms with van der Waals surface area (Å²) in [6.07, 6.45) is 1.72. The Labute approximate surface area is 145 Å². The van der Waals surface area contributed by atoms with Crippen LogP contribution >= 0.6 is 0 Å². The van der Waals surface area contributed by atoms with E-state index in [4.69, 9.17) is 0 Å². The Bertz CT molecular complexity index is 878. The van der Waals surface area contributed by atoms with E-state index in [1.54, 1.807) is 12.1 Å². The number of nitrogens with one attached hydrogen (secondary N) is 1. The molecule has 25 heavy (non-hydrogen) atoms. The summed E-state index contributed by atoms with van der Waals surface area (Å²) in [5.74, 6) is -0.618. The molecule has 1 atom stereocenters. The van der Waals surface area contributed by atoms with Gasteiger partial charge in [-0.05, 0) is 66.1 Å². The number of H-pyrrole nitrogens is 1. The molecule has 0 saturated carbocycles. The molecule has 0 saturated heterocycles. The van der Waals surface area contributed by atoms with Gasteiger partial charge in [-0.15, -0.1) is 0 Å². The van der Waals surface area contributed by atoms with Crippen LogP contribution in [0.1, 0.15) is 32.8 Å². The molecule has 1 unspecified atom stereocenters. The third-order valence-electron chi connectivity index (χ3n) is 4.49. The molecule has 0 radical (unpaired) electrons. The highest BCUT2D eigenvalue weighted by molar-refractivity contribution is 5.91. The van der Waals surface area contributed by atoms with Crippen LogP contribution in [0.5, 0.6) is 0 Å². The molecule has 0 aliphatic heterocycles. The number of benzene rings is 2. The quantitative estimate of drug-likeness (QED) is 0.545. The summed E-state index contributed by atoms with van der Waals surface area (Å²) in [6.45, 7) is 6.46. The summed E-state index contributed by atoms with van der Waals surface area (Å²) in [4.78, 5) is 3.09. The largest absolute Gasteiger partial charge is 0.352 e. The second-order valence-corrected chi connectivity index (χ2v) is 7.23. The molecule has 1 nitrogen and oxygen atoms in total. The molecule has 1 heterocycles. The van der Waals surface area contributed by atoms with Crippen LogP contribution in [-0.2, 0) is 6.42 Å². The monoisotopic (exact) mass is 345 g/mol. The van der Waals surface area contributed by atoms with Crippen molar-refractivity contribution in [3.63, 3.8) is 0 Å². The fraction of sp³-hybridized carbons (Fsp3) is 0.333. The van der Waals surface area contributed by atoms with Gasteiger partial charge in [0.1, 0.15) is 17.5 Å². The Balaban J connectivity index is 2.15. The Morgan fingerprint density at radius 2 is 1.60 bits per heavy atom. The first-order chi connectivity index (χ1) is 11.8. The Morgan fingerprint density at radius 3 is 2.24 bits per heavy atom. The van der Waals surface area contributed by atoms with Crippen LogP contribution in [-0.4, -0.2) is 4.98 Å². The maximum atomic E-state index is 14.2. The van der Waals surface area contributed by atoms with Crippen LogP contribution in [0.3, 0.4) is 0 Å². The van der Waals surface area contributed by atoms with E-state index in [1.807, 2.05) is 0 Å². The summed E-state index contributed by atoms with van der Waals surface area (Å²) in [5.41, 5.74) is 2.68. The standard InChI is InChI=1S/C21H22F3N/c1-12(2)8-13(3)9-17-18-10-16(23)11-19(24)21(18)25-20(17)14-4-6-15(22)7-5-14/h4-7,10-13,25H,8-9H2,1-3H3. The van der Waals surface area contributed by atoms with Gasteiger partial charge in [0.15, 0.2) is 0 Å². The number of aromatic nitrogens is 1. The SMILES string of the molecule is CC(C)CC(C)Cc1c(-c2ccc(F)cc2)[nH]c2c(F)cc(F)cc12. The third kappa shape index (κ3) is 3.73. The summed E-state index contributed by atoms with van der Waals surface area (Å²) in [7, 11) is 0. The molecule has 3 aromatic rings. The van der Waals surface area contributed by atoms with Gasteiger partial charge in [0.25, 0.3) is 0 Å². The van der Waals surface area contributed by atoms with E-state index >= 15 is 0 Å². The lowest BCUT2D eigenvalue weighted by Gasteiger charge is -2.15. The summed E-state index contributed by atoms with van der Waals surface area (Å²) in [6, 6.07) is 8.32. The van der Waals surface area contributed by atoms with Crippen molar-refractivity contribution in [3.8, 4) is 11.3 Å². The van der Waals surface area contributed by atoms with E-state index in [9.17, 15) is 13.2 Å². The van der Waals surface area contributed by atoms with E-state index in [2.05, 4.69) is 25.8 Å². The van der Waals surface area contributed by atoms with Gasteiger partial charge in [-0.2, -0.15) is 0 Å². The average Bonchev–Trinajstić information content (AvgIpc) is 2.86. The third-order valence-corrected chi connectivity index (χ3v) is 4.49. The number of rotatable bonds is 5. The Hall–Kier alpha value is -2.23. The minimum atomic E-state index is -0.610. The molecule has 3 rings (SSSR count). The summed E-state index contributed by atoms with van der Waals surface area (Å²) < 4.78 is 41.3. The second kappa shape index (κ2) is 6.95. The lowest BCUT2D eigenvalue weighted by molar-refractivity contribution is 0.438. The van der Waals surface area contributed by atoms with Crippen molar-refractivity contribution >= 4 is 10.9 Å². The molecule has 0 amide bonds. The second-order valence-electron chi connectivity index (χ2n) is 7.23. The average molecular weight is 345 g/mol. The lowest BCUT2D eigenvalue weighted by atomic mass is 9.90. The number of hydrogen-bond acceptors (Lipinski definition) is 0. The molecular formula is C21H22F3N. The minimum absolute atomic E-state index is 0.299. The predicted octanol–water partition coefficient (Wildman–Crippen LogP) is 6.48. The van der Waals surface area contributed by atoms with Gasteiger partial charge in [-0.1, -0.05) is 20.8 Å². The molecule has 2 aromatic carbocycles. The zero-order valence-electron chi connectivity index (χ0n) is 14.7. The molecule has 132 valence electrons. The molecule has 1 aromatic heterocycles. The summed E-state index contributed by atoms with van der Waals surface area (Å²) >= 11 is 0. The molecule has 0 aliphatic carbocycles. The van der Waals surface area contributed by atoms with Crippen molar-refractivity contribution in [3.05, 3.63) is 59.4 Å². The first-order valence-corrected chi connectivity index (χ1v) is 8.60. The Kier molecular flexibility index (Phi) is 4.89. The number of halogens is 3. The van der Waals surface area contributed by atoms with E-state index in [0.29, 0.717) is 29.2 Å². The topological polar surface area (TPSA) is 15.8 Å². The zero-order valence-corrected chi connectivity index (χ0v) is 14.7. The smallest absolute Gasteiger partial charge is 0.150 e. The highest BCUT2D eigenvalue weighted by Gasteiger charge is 2.19. The molecule has 1 N–H and O–H groups in total. The van der Waals surface area contributed by atoms with Gasteiger partial charge in [0.2, 0.25) is 0 Å². The van der Waals surface area contributed by atoms with E-state index in [0.717, 1.165) is 29.3 Å². The van der Waals surface area contributed by atoms with Crippen LogP contribution in [0.15, 0.2) is 36.4 Å². The van der Waals surface area contributed by atoms with Gasteiger partial charge in [-0.3, -0.25) is 0 Å². The number of aromatic amines is 1. The Morgan fingerprint density at radius 1 is 0.920 bits per heavy atom. The first-order valence-electron chi connectivity index (χ1n) is 8.60.